The summed E-state index contributed by atoms with van der Waals surface area (Å²) in [6, 6.07) is 13.1. The number of rotatable bonds is 5. The second-order valence-electron chi connectivity index (χ2n) is 4.41. The molecule has 108 valence electrons. The van der Waals surface area contributed by atoms with Crippen molar-refractivity contribution >= 4 is 11.6 Å². The van der Waals surface area contributed by atoms with Gasteiger partial charge in [0.05, 0.1) is 4.92 Å². The quantitative estimate of drug-likeness (QED) is 0.676. The maximum absolute atomic E-state index is 10.8. The summed E-state index contributed by atoms with van der Waals surface area (Å²) >= 11 is 0. The molecule has 0 aliphatic carbocycles. The Morgan fingerprint density at radius 1 is 1.10 bits per heavy atom. The zero-order valence-corrected chi connectivity index (χ0v) is 11.4. The first-order valence-corrected chi connectivity index (χ1v) is 6.30. The number of carbonyl (C=O) groups excluding carboxylic acids is 1. The van der Waals surface area contributed by atoms with Crippen LogP contribution in [0.4, 0.5) is 5.69 Å². The van der Waals surface area contributed by atoms with Crippen molar-refractivity contribution in [3.8, 4) is 11.5 Å². The first kappa shape index (κ1) is 14.5. The molecule has 0 heterocycles. The predicted molar refractivity (Wildman–Crippen MR) is 77.1 cm³/mol. The van der Waals surface area contributed by atoms with Gasteiger partial charge in [-0.1, -0.05) is 12.1 Å². The maximum atomic E-state index is 10.8. The summed E-state index contributed by atoms with van der Waals surface area (Å²) in [7, 11) is 0. The Morgan fingerprint density at radius 2 is 1.62 bits per heavy atom. The van der Waals surface area contributed by atoms with Crippen LogP contribution in [-0.2, 0) is 11.3 Å². The van der Waals surface area contributed by atoms with Gasteiger partial charge in [0.25, 0.3) is 5.69 Å². The summed E-state index contributed by atoms with van der Waals surface area (Å²) < 4.78 is 5.58. The van der Waals surface area contributed by atoms with Crippen molar-refractivity contribution in [2.45, 2.75) is 13.5 Å². The van der Waals surface area contributed by atoms with Crippen molar-refractivity contribution < 1.29 is 14.5 Å². The minimum absolute atomic E-state index is 0.0213. The van der Waals surface area contributed by atoms with Crippen molar-refractivity contribution in [2.24, 2.45) is 0 Å². The Kier molecular flexibility index (Phi) is 4.50. The summed E-state index contributed by atoms with van der Waals surface area (Å²) in [5.41, 5.74) is 0.981. The van der Waals surface area contributed by atoms with E-state index in [-0.39, 0.29) is 11.6 Å². The van der Waals surface area contributed by atoms with Gasteiger partial charge in [0.2, 0.25) is 5.91 Å². The predicted octanol–water partition coefficient (Wildman–Crippen LogP) is 3.02. The highest BCUT2D eigenvalue weighted by Crippen LogP contribution is 2.23. The molecule has 1 amide bonds. The SMILES string of the molecule is CC(=O)NCc1ccc(Oc2ccc([N+](=O)[O-])cc2)cc1. The first-order chi connectivity index (χ1) is 10.0. The van der Waals surface area contributed by atoms with Gasteiger partial charge in [-0.15, -0.1) is 0 Å². The molecule has 0 bridgehead atoms. The average Bonchev–Trinajstić information content (AvgIpc) is 2.47. The van der Waals surface area contributed by atoms with Gasteiger partial charge >= 0.3 is 0 Å². The van der Waals surface area contributed by atoms with E-state index in [4.69, 9.17) is 4.74 Å². The lowest BCUT2D eigenvalue weighted by Gasteiger charge is -2.07. The van der Waals surface area contributed by atoms with Crippen LogP contribution >= 0.6 is 0 Å². The molecular formula is C15H14N2O4. The summed E-state index contributed by atoms with van der Waals surface area (Å²) in [5.74, 6) is 1.06. The Balaban J connectivity index is 1.99. The Bertz CT molecular complexity index is 636. The highest BCUT2D eigenvalue weighted by molar-refractivity contribution is 5.72. The second kappa shape index (κ2) is 6.51. The van der Waals surface area contributed by atoms with Gasteiger partial charge in [-0.05, 0) is 29.8 Å². The van der Waals surface area contributed by atoms with Gasteiger partial charge in [-0.3, -0.25) is 14.9 Å². The molecule has 0 spiro atoms. The van der Waals surface area contributed by atoms with Crippen LogP contribution in [0.2, 0.25) is 0 Å². The van der Waals surface area contributed by atoms with E-state index < -0.39 is 4.92 Å². The Hall–Kier alpha value is -2.89. The van der Waals surface area contributed by atoms with Crippen molar-refractivity contribution in [1.82, 2.24) is 5.32 Å². The molecule has 0 fully saturated rings. The van der Waals surface area contributed by atoms with Crippen LogP contribution in [-0.4, -0.2) is 10.8 Å². The van der Waals surface area contributed by atoms with E-state index >= 15 is 0 Å². The molecule has 21 heavy (non-hydrogen) atoms. The van der Waals surface area contributed by atoms with Crippen LogP contribution in [0.25, 0.3) is 0 Å². The highest BCUT2D eigenvalue weighted by Gasteiger charge is 2.05. The van der Waals surface area contributed by atoms with E-state index in [1.54, 1.807) is 24.3 Å². The summed E-state index contributed by atoms with van der Waals surface area (Å²) in [5, 5.41) is 13.3. The molecule has 0 atom stereocenters. The van der Waals surface area contributed by atoms with E-state index in [1.807, 2.05) is 12.1 Å². The first-order valence-electron chi connectivity index (χ1n) is 6.30. The van der Waals surface area contributed by atoms with Gasteiger partial charge < -0.3 is 10.1 Å². The topological polar surface area (TPSA) is 81.5 Å². The highest BCUT2D eigenvalue weighted by atomic mass is 16.6. The molecule has 2 rings (SSSR count). The number of benzene rings is 2. The molecular weight excluding hydrogens is 272 g/mol. The monoisotopic (exact) mass is 286 g/mol. The van der Waals surface area contributed by atoms with Gasteiger partial charge in [-0.2, -0.15) is 0 Å². The number of nitrogens with zero attached hydrogens (tertiary/aromatic N) is 1. The average molecular weight is 286 g/mol. The standard InChI is InChI=1S/C15H14N2O4/c1-11(18)16-10-12-2-6-14(7-3-12)21-15-8-4-13(5-9-15)17(19)20/h2-9H,10H2,1H3,(H,16,18). The number of hydrogen-bond donors (Lipinski definition) is 1. The zero-order chi connectivity index (χ0) is 15.2. The fraction of sp³-hybridized carbons (Fsp3) is 0.133. The van der Waals surface area contributed by atoms with Crippen molar-refractivity contribution in [2.75, 3.05) is 0 Å². The third-order valence-electron chi connectivity index (χ3n) is 2.75. The lowest BCUT2D eigenvalue weighted by atomic mass is 10.2. The molecule has 6 heteroatoms. The van der Waals surface area contributed by atoms with Crippen LogP contribution in [0.15, 0.2) is 48.5 Å². The number of ether oxygens (including phenoxy) is 1. The summed E-state index contributed by atoms with van der Waals surface area (Å²) in [6.07, 6.45) is 0. The molecule has 1 N–H and O–H groups in total. The normalized spacial score (nSPS) is 9.95. The molecule has 2 aromatic rings. The largest absolute Gasteiger partial charge is 0.457 e. The molecule has 0 unspecified atom stereocenters. The van der Waals surface area contributed by atoms with Crippen LogP contribution in [0.3, 0.4) is 0 Å². The van der Waals surface area contributed by atoms with Crippen LogP contribution in [0, 0.1) is 10.1 Å². The lowest BCUT2D eigenvalue weighted by molar-refractivity contribution is -0.384. The minimum atomic E-state index is -0.458. The molecule has 6 nitrogen and oxygen atoms in total. The minimum Gasteiger partial charge on any atom is -0.457 e. The molecule has 0 radical (unpaired) electrons. The van der Waals surface area contributed by atoms with Gasteiger partial charge in [0, 0.05) is 25.6 Å². The number of amides is 1. The van der Waals surface area contributed by atoms with Crippen molar-refractivity contribution in [3.63, 3.8) is 0 Å². The number of nitro groups is 1. The molecule has 0 aromatic heterocycles. The number of non-ortho nitro benzene ring substituents is 1. The van der Waals surface area contributed by atoms with Gasteiger partial charge in [-0.25, -0.2) is 0 Å². The van der Waals surface area contributed by atoms with E-state index in [2.05, 4.69) is 5.32 Å². The molecule has 0 aliphatic rings. The van der Waals surface area contributed by atoms with Crippen molar-refractivity contribution in [3.05, 3.63) is 64.2 Å². The third-order valence-corrected chi connectivity index (χ3v) is 2.75. The Labute approximate surface area is 121 Å². The van der Waals surface area contributed by atoms with Crippen molar-refractivity contribution in [1.29, 1.82) is 0 Å². The smallest absolute Gasteiger partial charge is 0.269 e. The fourth-order valence-electron chi connectivity index (χ4n) is 1.67. The number of nitro benzene ring substituents is 1. The van der Waals surface area contributed by atoms with Gasteiger partial charge in [0.15, 0.2) is 0 Å². The van der Waals surface area contributed by atoms with Crippen LogP contribution in [0.5, 0.6) is 11.5 Å². The van der Waals surface area contributed by atoms with Crippen LogP contribution in [0.1, 0.15) is 12.5 Å². The zero-order valence-electron chi connectivity index (χ0n) is 11.4. The van der Waals surface area contributed by atoms with E-state index in [0.29, 0.717) is 18.0 Å². The number of hydrogen-bond acceptors (Lipinski definition) is 4. The third kappa shape index (κ3) is 4.31. The second-order valence-corrected chi connectivity index (χ2v) is 4.41. The molecule has 2 aromatic carbocycles. The van der Waals surface area contributed by atoms with Crippen LogP contribution < -0.4 is 10.1 Å². The number of nitrogens with one attached hydrogen (secondary N) is 1. The Morgan fingerprint density at radius 3 is 2.10 bits per heavy atom. The molecule has 0 aliphatic heterocycles. The molecule has 0 saturated carbocycles. The maximum Gasteiger partial charge on any atom is 0.269 e. The van der Waals surface area contributed by atoms with Gasteiger partial charge in [0.1, 0.15) is 11.5 Å². The van der Waals surface area contributed by atoms with E-state index in [1.165, 1.54) is 19.1 Å². The summed E-state index contributed by atoms with van der Waals surface area (Å²) in [6.45, 7) is 1.93. The van der Waals surface area contributed by atoms with E-state index in [0.717, 1.165) is 5.56 Å². The molecule has 0 saturated heterocycles. The fourth-order valence-corrected chi connectivity index (χ4v) is 1.67. The summed E-state index contributed by atoms with van der Waals surface area (Å²) in [4.78, 5) is 20.9. The van der Waals surface area contributed by atoms with E-state index in [9.17, 15) is 14.9 Å². The number of carbonyl (C=O) groups is 1. The lowest BCUT2D eigenvalue weighted by Crippen LogP contribution is -2.18.